The summed E-state index contributed by atoms with van der Waals surface area (Å²) < 4.78 is 21.8. The molecular formula is C20H22BrNO6. The minimum atomic E-state index is -0.615. The van der Waals surface area contributed by atoms with Gasteiger partial charge in [0.15, 0.2) is 18.1 Å². The summed E-state index contributed by atoms with van der Waals surface area (Å²) in [6.45, 7) is 3.65. The normalized spacial score (nSPS) is 10.2. The summed E-state index contributed by atoms with van der Waals surface area (Å²) in [6.07, 6.45) is 0. The van der Waals surface area contributed by atoms with Crippen molar-refractivity contribution < 1.29 is 28.5 Å². The van der Waals surface area contributed by atoms with Gasteiger partial charge in [-0.2, -0.15) is 0 Å². The molecule has 0 aliphatic heterocycles. The molecule has 0 saturated carbocycles. The number of ether oxygens (including phenoxy) is 4. The standard InChI is InChI=1S/C20H22BrNO6/c1-11-6-13(7-12(2)19(11)21)28-10-18(23)22-15-9-17(26-4)16(25-3)8-14(15)20(24)27-5/h6-9H,10H2,1-5H3,(H,22,23). The third-order valence-corrected chi connectivity index (χ3v) is 5.23. The molecule has 7 nitrogen and oxygen atoms in total. The summed E-state index contributed by atoms with van der Waals surface area (Å²) in [5.74, 6) is 0.240. The average molecular weight is 452 g/mol. The highest BCUT2D eigenvalue weighted by molar-refractivity contribution is 9.10. The average Bonchev–Trinajstić information content (AvgIpc) is 2.69. The first-order chi connectivity index (χ1) is 13.3. The molecule has 0 atom stereocenters. The molecule has 2 aromatic rings. The molecule has 28 heavy (non-hydrogen) atoms. The number of benzene rings is 2. The molecule has 2 rings (SSSR count). The summed E-state index contributed by atoms with van der Waals surface area (Å²) in [5, 5.41) is 2.65. The number of hydrogen-bond acceptors (Lipinski definition) is 6. The van der Waals surface area contributed by atoms with E-state index in [0.717, 1.165) is 15.6 Å². The van der Waals surface area contributed by atoms with Crippen LogP contribution in [-0.4, -0.2) is 39.8 Å². The Balaban J connectivity index is 2.19. The first-order valence-corrected chi connectivity index (χ1v) is 9.13. The van der Waals surface area contributed by atoms with Crippen molar-refractivity contribution in [2.75, 3.05) is 33.3 Å². The number of amides is 1. The lowest BCUT2D eigenvalue weighted by atomic mass is 10.1. The molecule has 150 valence electrons. The van der Waals surface area contributed by atoms with Gasteiger partial charge in [-0.05, 0) is 37.1 Å². The molecule has 0 unspecified atom stereocenters. The Kier molecular flexibility index (Phi) is 7.28. The quantitative estimate of drug-likeness (QED) is 0.642. The SMILES string of the molecule is COC(=O)c1cc(OC)c(OC)cc1NC(=O)COc1cc(C)c(Br)c(C)c1. The van der Waals surface area contributed by atoms with E-state index in [-0.39, 0.29) is 17.9 Å². The number of nitrogens with one attached hydrogen (secondary N) is 1. The van der Waals surface area contributed by atoms with Crippen LogP contribution in [0.3, 0.4) is 0 Å². The Morgan fingerprint density at radius 3 is 2.07 bits per heavy atom. The third-order valence-electron chi connectivity index (χ3n) is 3.98. The van der Waals surface area contributed by atoms with Crippen molar-refractivity contribution in [2.45, 2.75) is 13.8 Å². The largest absolute Gasteiger partial charge is 0.493 e. The van der Waals surface area contributed by atoms with Gasteiger partial charge in [-0.1, -0.05) is 15.9 Å². The van der Waals surface area contributed by atoms with Gasteiger partial charge in [-0.3, -0.25) is 4.79 Å². The van der Waals surface area contributed by atoms with Crippen molar-refractivity contribution >= 4 is 33.5 Å². The summed E-state index contributed by atoms with van der Waals surface area (Å²) in [6, 6.07) is 6.61. The predicted octanol–water partition coefficient (Wildman–Crippen LogP) is 3.89. The molecule has 1 amide bonds. The van der Waals surface area contributed by atoms with Crippen LogP contribution in [0.5, 0.6) is 17.2 Å². The second kappa shape index (κ2) is 9.45. The van der Waals surface area contributed by atoms with Crippen LogP contribution in [0.2, 0.25) is 0 Å². The molecule has 2 aromatic carbocycles. The zero-order valence-corrected chi connectivity index (χ0v) is 17.9. The van der Waals surface area contributed by atoms with Crippen LogP contribution in [-0.2, 0) is 9.53 Å². The number of carbonyl (C=O) groups is 2. The molecular weight excluding hydrogens is 430 g/mol. The molecule has 0 fully saturated rings. The van der Waals surface area contributed by atoms with Crippen LogP contribution < -0.4 is 19.5 Å². The van der Waals surface area contributed by atoms with Crippen molar-refractivity contribution in [1.29, 1.82) is 0 Å². The minimum absolute atomic E-state index is 0.142. The second-order valence-corrected chi connectivity index (χ2v) is 6.75. The van der Waals surface area contributed by atoms with Gasteiger partial charge in [0, 0.05) is 16.6 Å². The topological polar surface area (TPSA) is 83.1 Å². The Hall–Kier alpha value is -2.74. The van der Waals surface area contributed by atoms with Gasteiger partial charge in [0.1, 0.15) is 5.75 Å². The molecule has 0 aliphatic carbocycles. The second-order valence-electron chi connectivity index (χ2n) is 5.95. The minimum Gasteiger partial charge on any atom is -0.493 e. The number of esters is 1. The summed E-state index contributed by atoms with van der Waals surface area (Å²) >= 11 is 3.49. The monoisotopic (exact) mass is 451 g/mol. The van der Waals surface area contributed by atoms with Crippen LogP contribution in [0, 0.1) is 13.8 Å². The molecule has 8 heteroatoms. The Bertz CT molecular complexity index is 874. The van der Waals surface area contributed by atoms with E-state index < -0.39 is 11.9 Å². The van der Waals surface area contributed by atoms with Crippen LogP contribution >= 0.6 is 15.9 Å². The highest BCUT2D eigenvalue weighted by atomic mass is 79.9. The fourth-order valence-electron chi connectivity index (χ4n) is 2.59. The molecule has 0 aromatic heterocycles. The van der Waals surface area contributed by atoms with Gasteiger partial charge in [-0.15, -0.1) is 0 Å². The molecule has 0 bridgehead atoms. The zero-order chi connectivity index (χ0) is 20.8. The number of hydrogen-bond donors (Lipinski definition) is 1. The van der Waals surface area contributed by atoms with Gasteiger partial charge in [0.2, 0.25) is 0 Å². The van der Waals surface area contributed by atoms with Gasteiger partial charge in [0.25, 0.3) is 5.91 Å². The number of halogens is 1. The maximum absolute atomic E-state index is 12.4. The lowest BCUT2D eigenvalue weighted by molar-refractivity contribution is -0.118. The molecule has 0 spiro atoms. The van der Waals surface area contributed by atoms with Gasteiger partial charge < -0.3 is 24.3 Å². The molecule has 0 heterocycles. The fraction of sp³-hybridized carbons (Fsp3) is 0.300. The summed E-state index contributed by atoms with van der Waals surface area (Å²) in [4.78, 5) is 24.4. The van der Waals surface area contributed by atoms with E-state index in [0.29, 0.717) is 17.2 Å². The number of anilines is 1. The number of methoxy groups -OCH3 is 3. The first-order valence-electron chi connectivity index (χ1n) is 8.34. The van der Waals surface area contributed by atoms with E-state index in [1.807, 2.05) is 26.0 Å². The molecule has 0 radical (unpaired) electrons. The van der Waals surface area contributed by atoms with Crippen molar-refractivity contribution in [3.05, 3.63) is 45.4 Å². The fourth-order valence-corrected chi connectivity index (χ4v) is 2.81. The van der Waals surface area contributed by atoms with Crippen molar-refractivity contribution in [2.24, 2.45) is 0 Å². The van der Waals surface area contributed by atoms with Crippen LogP contribution in [0.25, 0.3) is 0 Å². The maximum atomic E-state index is 12.4. The van der Waals surface area contributed by atoms with Crippen LogP contribution in [0.4, 0.5) is 5.69 Å². The highest BCUT2D eigenvalue weighted by Crippen LogP contribution is 2.34. The number of aryl methyl sites for hydroxylation is 2. The zero-order valence-electron chi connectivity index (χ0n) is 16.3. The Morgan fingerprint density at radius 1 is 0.964 bits per heavy atom. The van der Waals surface area contributed by atoms with Crippen molar-refractivity contribution in [3.63, 3.8) is 0 Å². The van der Waals surface area contributed by atoms with Gasteiger partial charge in [0.05, 0.1) is 32.6 Å². The Labute approximate surface area is 172 Å². The molecule has 1 N–H and O–H groups in total. The number of rotatable bonds is 7. The van der Waals surface area contributed by atoms with Crippen LogP contribution in [0.1, 0.15) is 21.5 Å². The lowest BCUT2D eigenvalue weighted by Gasteiger charge is -2.15. The smallest absolute Gasteiger partial charge is 0.340 e. The van der Waals surface area contributed by atoms with E-state index in [1.54, 1.807) is 0 Å². The lowest BCUT2D eigenvalue weighted by Crippen LogP contribution is -2.22. The molecule has 0 aliphatic rings. The van der Waals surface area contributed by atoms with E-state index in [2.05, 4.69) is 21.2 Å². The van der Waals surface area contributed by atoms with Crippen molar-refractivity contribution in [3.8, 4) is 17.2 Å². The predicted molar refractivity (Wildman–Crippen MR) is 109 cm³/mol. The summed E-state index contributed by atoms with van der Waals surface area (Å²) in [7, 11) is 4.17. The van der Waals surface area contributed by atoms with E-state index >= 15 is 0 Å². The first kappa shape index (κ1) is 21.6. The van der Waals surface area contributed by atoms with E-state index in [1.165, 1.54) is 33.5 Å². The maximum Gasteiger partial charge on any atom is 0.340 e. The highest BCUT2D eigenvalue weighted by Gasteiger charge is 2.19. The Morgan fingerprint density at radius 2 is 1.54 bits per heavy atom. The molecule has 0 saturated heterocycles. The van der Waals surface area contributed by atoms with Gasteiger partial charge >= 0.3 is 5.97 Å². The van der Waals surface area contributed by atoms with E-state index in [4.69, 9.17) is 18.9 Å². The van der Waals surface area contributed by atoms with Crippen LogP contribution in [0.15, 0.2) is 28.7 Å². The summed E-state index contributed by atoms with van der Waals surface area (Å²) in [5.41, 5.74) is 2.39. The van der Waals surface area contributed by atoms with E-state index in [9.17, 15) is 9.59 Å². The number of carbonyl (C=O) groups excluding carboxylic acids is 2. The van der Waals surface area contributed by atoms with Gasteiger partial charge in [-0.25, -0.2) is 4.79 Å². The van der Waals surface area contributed by atoms with Crippen molar-refractivity contribution in [1.82, 2.24) is 0 Å². The third kappa shape index (κ3) is 4.95.